The summed E-state index contributed by atoms with van der Waals surface area (Å²) in [6, 6.07) is 3.77. The molecule has 0 bridgehead atoms. The van der Waals surface area contributed by atoms with Crippen LogP contribution in [0.5, 0.6) is 11.5 Å². The Morgan fingerprint density at radius 2 is 1.77 bits per heavy atom. The number of hydrogen-bond acceptors (Lipinski definition) is 6. The van der Waals surface area contributed by atoms with Crippen LogP contribution in [0, 0.1) is 0 Å². The lowest BCUT2D eigenvalue weighted by Gasteiger charge is -2.37. The Labute approximate surface area is 156 Å². The Hall–Kier alpha value is -1.31. The predicted molar refractivity (Wildman–Crippen MR) is 102 cm³/mol. The fourth-order valence-corrected chi connectivity index (χ4v) is 5.58. The lowest BCUT2D eigenvalue weighted by atomic mass is 9.85. The van der Waals surface area contributed by atoms with Crippen molar-refractivity contribution in [2.45, 2.75) is 45.2 Å². The molecular weight excluding hydrogens is 352 g/mol. The van der Waals surface area contributed by atoms with Gasteiger partial charge < -0.3 is 10.2 Å². The Kier molecular flexibility index (Phi) is 5.25. The van der Waals surface area contributed by atoms with Crippen LogP contribution in [0.4, 0.5) is 0 Å². The third kappa shape index (κ3) is 4.32. The number of phenols is 2. The van der Waals surface area contributed by atoms with E-state index in [1.165, 1.54) is 0 Å². The molecule has 2 heterocycles. The van der Waals surface area contributed by atoms with E-state index in [0.717, 1.165) is 43.7 Å². The molecule has 1 unspecified atom stereocenters. The van der Waals surface area contributed by atoms with Crippen molar-refractivity contribution in [2.24, 2.45) is 0 Å². The molecule has 1 aromatic carbocycles. The van der Waals surface area contributed by atoms with Crippen LogP contribution in [0.1, 0.15) is 38.3 Å². The van der Waals surface area contributed by atoms with Crippen molar-refractivity contribution in [3.8, 4) is 11.5 Å². The molecule has 26 heavy (non-hydrogen) atoms. The van der Waals surface area contributed by atoms with Crippen LogP contribution < -0.4 is 0 Å². The first-order chi connectivity index (χ1) is 12.0. The van der Waals surface area contributed by atoms with E-state index in [4.69, 9.17) is 0 Å². The minimum atomic E-state index is -2.85. The van der Waals surface area contributed by atoms with E-state index in [1.54, 1.807) is 6.07 Å². The summed E-state index contributed by atoms with van der Waals surface area (Å²) >= 11 is 0. The van der Waals surface area contributed by atoms with Crippen molar-refractivity contribution >= 4 is 9.84 Å². The summed E-state index contributed by atoms with van der Waals surface area (Å²) in [5.41, 5.74) is 1.64. The number of rotatable bonds is 3. The molecular formula is C19H30N2O4S. The zero-order valence-electron chi connectivity index (χ0n) is 15.9. The highest BCUT2D eigenvalue weighted by Crippen LogP contribution is 2.36. The van der Waals surface area contributed by atoms with Crippen molar-refractivity contribution in [1.82, 2.24) is 9.80 Å². The van der Waals surface area contributed by atoms with E-state index >= 15 is 0 Å². The van der Waals surface area contributed by atoms with E-state index in [2.05, 4.69) is 30.6 Å². The zero-order valence-corrected chi connectivity index (χ0v) is 16.7. The van der Waals surface area contributed by atoms with Crippen LogP contribution >= 0.6 is 0 Å². The van der Waals surface area contributed by atoms with Crippen molar-refractivity contribution in [3.63, 3.8) is 0 Å². The maximum Gasteiger partial charge on any atom is 0.162 e. The Balaban J connectivity index is 1.64. The normalized spacial score (nSPS) is 24.8. The molecule has 2 aliphatic rings. The molecule has 2 saturated heterocycles. The van der Waals surface area contributed by atoms with Gasteiger partial charge in [0.15, 0.2) is 21.3 Å². The van der Waals surface area contributed by atoms with Crippen molar-refractivity contribution < 1.29 is 18.6 Å². The first-order valence-corrected chi connectivity index (χ1v) is 11.1. The largest absolute Gasteiger partial charge is 0.504 e. The van der Waals surface area contributed by atoms with Gasteiger partial charge in [-0.25, -0.2) is 8.42 Å². The summed E-state index contributed by atoms with van der Waals surface area (Å²) in [6.07, 6.45) is 0.741. The Morgan fingerprint density at radius 3 is 2.31 bits per heavy atom. The lowest BCUT2D eigenvalue weighted by molar-refractivity contribution is 0.0994. The van der Waals surface area contributed by atoms with E-state index < -0.39 is 9.84 Å². The highest BCUT2D eigenvalue weighted by atomic mass is 32.2. The lowest BCUT2D eigenvalue weighted by Crippen LogP contribution is -2.50. The standard InChI is InChI=1S/C19H30N2O4S/c1-19(2,3)15-10-14(18(23)17(22)11-15)12-20-5-7-21(8-6-20)16-4-9-26(24,25)13-16/h10-11,16,22-23H,4-9,12-13H2,1-3H3. The van der Waals surface area contributed by atoms with Gasteiger partial charge in [-0.15, -0.1) is 0 Å². The van der Waals surface area contributed by atoms with Gasteiger partial charge in [-0.2, -0.15) is 0 Å². The number of nitrogens with zero attached hydrogens (tertiary/aromatic N) is 2. The number of benzene rings is 1. The number of aromatic hydroxyl groups is 2. The van der Waals surface area contributed by atoms with Gasteiger partial charge in [0.05, 0.1) is 11.5 Å². The fraction of sp³-hybridized carbons (Fsp3) is 0.684. The number of sulfone groups is 1. The molecule has 146 valence electrons. The van der Waals surface area contributed by atoms with E-state index in [0.29, 0.717) is 12.3 Å². The first kappa shape index (κ1) is 19.5. The van der Waals surface area contributed by atoms with Crippen LogP contribution in [0.3, 0.4) is 0 Å². The van der Waals surface area contributed by atoms with Gasteiger partial charge in [-0.05, 0) is 23.5 Å². The minimum absolute atomic E-state index is 0.0395. The quantitative estimate of drug-likeness (QED) is 0.775. The summed E-state index contributed by atoms with van der Waals surface area (Å²) < 4.78 is 23.4. The average Bonchev–Trinajstić information content (AvgIpc) is 2.91. The average molecular weight is 383 g/mol. The van der Waals surface area contributed by atoms with Crippen molar-refractivity contribution in [2.75, 3.05) is 37.7 Å². The summed E-state index contributed by atoms with van der Waals surface area (Å²) in [5.74, 6) is 0.490. The van der Waals surface area contributed by atoms with Crippen molar-refractivity contribution in [1.29, 1.82) is 0 Å². The summed E-state index contributed by atoms with van der Waals surface area (Å²) in [6.45, 7) is 10.2. The molecule has 0 aromatic heterocycles. The summed E-state index contributed by atoms with van der Waals surface area (Å²) in [4.78, 5) is 4.53. The van der Waals surface area contributed by atoms with Crippen LogP contribution in [0.2, 0.25) is 0 Å². The van der Waals surface area contributed by atoms with Gasteiger partial charge in [0, 0.05) is 44.3 Å². The SMILES string of the molecule is CC(C)(C)c1cc(O)c(O)c(CN2CCN(C3CCS(=O)(=O)C3)CC2)c1. The second-order valence-corrected chi connectivity index (χ2v) is 10.9. The molecule has 0 amide bonds. The van der Waals surface area contributed by atoms with Gasteiger partial charge in [0.25, 0.3) is 0 Å². The second-order valence-electron chi connectivity index (χ2n) is 8.62. The van der Waals surface area contributed by atoms with Gasteiger partial charge in [-0.1, -0.05) is 26.8 Å². The molecule has 1 aromatic rings. The minimum Gasteiger partial charge on any atom is -0.504 e. The van der Waals surface area contributed by atoms with Crippen LogP contribution in [0.15, 0.2) is 12.1 Å². The molecule has 2 fully saturated rings. The molecule has 2 aliphatic heterocycles. The zero-order chi connectivity index (χ0) is 19.1. The summed E-state index contributed by atoms with van der Waals surface area (Å²) in [7, 11) is -2.85. The molecule has 6 nitrogen and oxygen atoms in total. The van der Waals surface area contributed by atoms with Gasteiger partial charge >= 0.3 is 0 Å². The molecule has 3 rings (SSSR count). The van der Waals surface area contributed by atoms with Crippen LogP contribution in [0.25, 0.3) is 0 Å². The predicted octanol–water partition coefficient (Wildman–Crippen LogP) is 1.70. The third-order valence-electron chi connectivity index (χ3n) is 5.56. The highest BCUT2D eigenvalue weighted by Gasteiger charge is 2.33. The molecule has 2 N–H and O–H groups in total. The van der Waals surface area contributed by atoms with E-state index in [9.17, 15) is 18.6 Å². The van der Waals surface area contributed by atoms with Gasteiger partial charge in [0.2, 0.25) is 0 Å². The second kappa shape index (κ2) is 7.02. The van der Waals surface area contributed by atoms with Crippen LogP contribution in [-0.2, 0) is 21.8 Å². The maximum atomic E-state index is 11.7. The molecule has 1 atom stereocenters. The Bertz CT molecular complexity index is 762. The third-order valence-corrected chi connectivity index (χ3v) is 7.31. The number of hydrogen-bond donors (Lipinski definition) is 2. The molecule has 0 spiro atoms. The fourth-order valence-electron chi connectivity index (χ4n) is 3.82. The molecule has 0 radical (unpaired) electrons. The highest BCUT2D eigenvalue weighted by molar-refractivity contribution is 7.91. The first-order valence-electron chi connectivity index (χ1n) is 9.27. The number of phenolic OH excluding ortho intramolecular Hbond substituents is 2. The van der Waals surface area contributed by atoms with Gasteiger partial charge in [0.1, 0.15) is 0 Å². The van der Waals surface area contributed by atoms with Crippen LogP contribution in [-0.4, -0.2) is 72.2 Å². The van der Waals surface area contributed by atoms with Gasteiger partial charge in [-0.3, -0.25) is 9.80 Å². The topological polar surface area (TPSA) is 81.1 Å². The maximum absolute atomic E-state index is 11.7. The Morgan fingerprint density at radius 1 is 1.12 bits per heavy atom. The monoisotopic (exact) mass is 382 g/mol. The molecule has 0 saturated carbocycles. The van der Waals surface area contributed by atoms with Crippen molar-refractivity contribution in [3.05, 3.63) is 23.3 Å². The number of piperazine rings is 1. The smallest absolute Gasteiger partial charge is 0.162 e. The van der Waals surface area contributed by atoms with E-state index in [1.807, 2.05) is 6.07 Å². The molecule has 7 heteroatoms. The molecule has 0 aliphatic carbocycles. The summed E-state index contributed by atoms with van der Waals surface area (Å²) in [5, 5.41) is 20.3. The van der Waals surface area contributed by atoms with E-state index in [-0.39, 0.29) is 28.7 Å².